The average molecular weight is 270 g/mol. The summed E-state index contributed by atoms with van der Waals surface area (Å²) in [5, 5.41) is 3.44. The second-order valence-corrected chi connectivity index (χ2v) is 5.92. The van der Waals surface area contributed by atoms with E-state index in [1.54, 1.807) is 0 Å². The molecule has 2 rings (SSSR count). The minimum atomic E-state index is -0.494. The molecule has 1 heterocycles. The number of nitrogens with one attached hydrogen (secondary N) is 1. The summed E-state index contributed by atoms with van der Waals surface area (Å²) < 4.78 is 10.4. The van der Waals surface area contributed by atoms with Crippen LogP contribution in [0.15, 0.2) is 0 Å². The van der Waals surface area contributed by atoms with Crippen LogP contribution in [-0.4, -0.2) is 61.9 Å². The quantitative estimate of drug-likeness (QED) is 0.765. The van der Waals surface area contributed by atoms with Crippen molar-refractivity contribution in [2.24, 2.45) is 0 Å². The fourth-order valence-corrected chi connectivity index (χ4v) is 3.40. The molecule has 1 saturated heterocycles. The smallest absolute Gasteiger partial charge is 0.326 e. The molecule has 0 aromatic carbocycles. The van der Waals surface area contributed by atoms with Gasteiger partial charge in [0, 0.05) is 25.2 Å². The first-order valence-electron chi connectivity index (χ1n) is 7.25. The summed E-state index contributed by atoms with van der Waals surface area (Å²) in [6.45, 7) is 7.71. The molecule has 5 nitrogen and oxygen atoms in total. The van der Waals surface area contributed by atoms with Gasteiger partial charge >= 0.3 is 5.97 Å². The lowest BCUT2D eigenvalue weighted by atomic mass is 9.96. The Bertz CT molecular complexity index is 316. The van der Waals surface area contributed by atoms with E-state index in [0.29, 0.717) is 6.04 Å². The maximum absolute atomic E-state index is 12.2. The van der Waals surface area contributed by atoms with Crippen molar-refractivity contribution in [1.29, 1.82) is 0 Å². The lowest BCUT2D eigenvalue weighted by Gasteiger charge is -2.34. The molecule has 2 atom stereocenters. The lowest BCUT2D eigenvalue weighted by Crippen LogP contribution is -2.55. The zero-order valence-corrected chi connectivity index (χ0v) is 12.3. The Balaban J connectivity index is 2.03. The Morgan fingerprint density at radius 3 is 2.68 bits per heavy atom. The van der Waals surface area contributed by atoms with Crippen molar-refractivity contribution in [3.8, 4) is 0 Å². The summed E-state index contributed by atoms with van der Waals surface area (Å²) in [5.74, 6) is -0.114. The van der Waals surface area contributed by atoms with Crippen molar-refractivity contribution in [2.45, 2.75) is 50.7 Å². The zero-order valence-electron chi connectivity index (χ0n) is 12.3. The van der Waals surface area contributed by atoms with Crippen LogP contribution in [0.4, 0.5) is 0 Å². The van der Waals surface area contributed by atoms with Gasteiger partial charge in [-0.2, -0.15) is 0 Å². The highest BCUT2D eigenvalue weighted by atomic mass is 16.5. The van der Waals surface area contributed by atoms with Gasteiger partial charge in [-0.1, -0.05) is 0 Å². The Morgan fingerprint density at radius 1 is 1.42 bits per heavy atom. The summed E-state index contributed by atoms with van der Waals surface area (Å²) in [4.78, 5) is 14.6. The number of hydrogen-bond acceptors (Lipinski definition) is 5. The third kappa shape index (κ3) is 3.27. The van der Waals surface area contributed by atoms with Crippen LogP contribution in [0, 0.1) is 0 Å². The van der Waals surface area contributed by atoms with E-state index in [1.807, 2.05) is 0 Å². The van der Waals surface area contributed by atoms with Crippen LogP contribution in [0.3, 0.4) is 0 Å². The summed E-state index contributed by atoms with van der Waals surface area (Å²) in [6, 6.07) is 0.747. The first-order chi connectivity index (χ1) is 9.07. The molecule has 0 bridgehead atoms. The number of hydrogen-bond donors (Lipinski definition) is 1. The standard InChI is InChI=1S/C14H26N2O3/c1-11(2)15-14(13(17)18-3)5-4-12(10-14)16-6-8-19-9-7-16/h11-12,15H,4-10H2,1-3H3. The number of carbonyl (C=O) groups excluding carboxylic acids is 1. The molecule has 1 aliphatic carbocycles. The monoisotopic (exact) mass is 270 g/mol. The third-order valence-corrected chi connectivity index (χ3v) is 4.19. The molecule has 19 heavy (non-hydrogen) atoms. The molecular formula is C14H26N2O3. The van der Waals surface area contributed by atoms with Gasteiger partial charge in [-0.25, -0.2) is 0 Å². The van der Waals surface area contributed by atoms with Crippen molar-refractivity contribution in [3.05, 3.63) is 0 Å². The molecule has 1 N–H and O–H groups in total. The van der Waals surface area contributed by atoms with E-state index in [1.165, 1.54) is 7.11 Å². The predicted octanol–water partition coefficient (Wildman–Crippen LogP) is 0.781. The summed E-state index contributed by atoms with van der Waals surface area (Å²) in [6.07, 6.45) is 2.76. The zero-order chi connectivity index (χ0) is 13.9. The molecule has 0 aromatic rings. The highest BCUT2D eigenvalue weighted by Crippen LogP contribution is 2.35. The highest BCUT2D eigenvalue weighted by Gasteiger charge is 2.48. The van der Waals surface area contributed by atoms with Crippen LogP contribution in [0.1, 0.15) is 33.1 Å². The van der Waals surface area contributed by atoms with E-state index in [2.05, 4.69) is 24.1 Å². The lowest BCUT2D eigenvalue weighted by molar-refractivity contribution is -0.149. The van der Waals surface area contributed by atoms with Crippen molar-refractivity contribution in [2.75, 3.05) is 33.4 Å². The van der Waals surface area contributed by atoms with E-state index < -0.39 is 5.54 Å². The van der Waals surface area contributed by atoms with E-state index in [-0.39, 0.29) is 12.0 Å². The van der Waals surface area contributed by atoms with Crippen molar-refractivity contribution >= 4 is 5.97 Å². The van der Waals surface area contributed by atoms with Gasteiger partial charge in [0.05, 0.1) is 20.3 Å². The number of nitrogens with zero attached hydrogens (tertiary/aromatic N) is 1. The maximum atomic E-state index is 12.2. The number of rotatable bonds is 4. The molecule has 2 unspecified atom stereocenters. The summed E-state index contributed by atoms with van der Waals surface area (Å²) in [5.41, 5.74) is -0.494. The summed E-state index contributed by atoms with van der Waals surface area (Å²) in [7, 11) is 1.48. The maximum Gasteiger partial charge on any atom is 0.326 e. The van der Waals surface area contributed by atoms with Gasteiger partial charge in [0.15, 0.2) is 0 Å². The SMILES string of the molecule is COC(=O)C1(NC(C)C)CCC(N2CCOCC2)C1. The molecule has 110 valence electrons. The van der Waals surface area contributed by atoms with E-state index in [4.69, 9.17) is 9.47 Å². The topological polar surface area (TPSA) is 50.8 Å². The minimum absolute atomic E-state index is 0.114. The van der Waals surface area contributed by atoms with Crippen LogP contribution < -0.4 is 5.32 Å². The van der Waals surface area contributed by atoms with Gasteiger partial charge in [0.1, 0.15) is 5.54 Å². The van der Waals surface area contributed by atoms with E-state index in [9.17, 15) is 4.79 Å². The second kappa shape index (κ2) is 6.20. The number of methoxy groups -OCH3 is 1. The molecule has 1 saturated carbocycles. The average Bonchev–Trinajstić information content (AvgIpc) is 2.83. The van der Waals surface area contributed by atoms with E-state index >= 15 is 0 Å². The van der Waals surface area contributed by atoms with Crippen LogP contribution >= 0.6 is 0 Å². The fourth-order valence-electron chi connectivity index (χ4n) is 3.40. The number of morpholine rings is 1. The van der Waals surface area contributed by atoms with Gasteiger partial charge < -0.3 is 9.47 Å². The Morgan fingerprint density at radius 2 is 2.11 bits per heavy atom. The van der Waals surface area contributed by atoms with E-state index in [0.717, 1.165) is 45.6 Å². The van der Waals surface area contributed by atoms with Gasteiger partial charge in [-0.05, 0) is 33.1 Å². The largest absolute Gasteiger partial charge is 0.468 e. The predicted molar refractivity (Wildman–Crippen MR) is 73.0 cm³/mol. The first-order valence-corrected chi connectivity index (χ1v) is 7.25. The van der Waals surface area contributed by atoms with Gasteiger partial charge in [0.25, 0.3) is 0 Å². The van der Waals surface area contributed by atoms with Crippen LogP contribution in [0.2, 0.25) is 0 Å². The summed E-state index contributed by atoms with van der Waals surface area (Å²) >= 11 is 0. The Hall–Kier alpha value is -0.650. The second-order valence-electron chi connectivity index (χ2n) is 5.92. The van der Waals surface area contributed by atoms with Crippen LogP contribution in [0.25, 0.3) is 0 Å². The Labute approximate surface area is 115 Å². The normalized spacial score (nSPS) is 32.7. The first kappa shape index (κ1) is 14.8. The molecule has 2 fully saturated rings. The molecular weight excluding hydrogens is 244 g/mol. The molecule has 0 amide bonds. The van der Waals surface area contributed by atoms with Crippen molar-refractivity contribution in [1.82, 2.24) is 10.2 Å². The highest BCUT2D eigenvalue weighted by molar-refractivity contribution is 5.81. The molecule has 2 aliphatic rings. The molecule has 1 aliphatic heterocycles. The minimum Gasteiger partial charge on any atom is -0.468 e. The molecule has 0 spiro atoms. The fraction of sp³-hybridized carbons (Fsp3) is 0.929. The van der Waals surface area contributed by atoms with Crippen LogP contribution in [-0.2, 0) is 14.3 Å². The Kier molecular flexibility index (Phi) is 4.81. The van der Waals surface area contributed by atoms with Crippen LogP contribution in [0.5, 0.6) is 0 Å². The number of carbonyl (C=O) groups is 1. The molecule has 5 heteroatoms. The van der Waals surface area contributed by atoms with Gasteiger partial charge in [-0.15, -0.1) is 0 Å². The van der Waals surface area contributed by atoms with Crippen molar-refractivity contribution in [3.63, 3.8) is 0 Å². The van der Waals surface area contributed by atoms with Gasteiger partial charge in [0.2, 0.25) is 0 Å². The molecule has 0 aromatic heterocycles. The van der Waals surface area contributed by atoms with Crippen molar-refractivity contribution < 1.29 is 14.3 Å². The number of esters is 1. The number of ether oxygens (including phenoxy) is 2. The molecule has 0 radical (unpaired) electrons. The van der Waals surface area contributed by atoms with Gasteiger partial charge in [-0.3, -0.25) is 15.0 Å². The third-order valence-electron chi connectivity index (χ3n) is 4.19.